The van der Waals surface area contributed by atoms with Gasteiger partial charge in [-0.3, -0.25) is 14.2 Å². The molecule has 0 radical (unpaired) electrons. The zero-order chi connectivity index (χ0) is 20.3. The number of halogens is 1. The summed E-state index contributed by atoms with van der Waals surface area (Å²) >= 11 is 6.12. The van der Waals surface area contributed by atoms with Crippen LogP contribution >= 0.6 is 11.6 Å². The van der Waals surface area contributed by atoms with Gasteiger partial charge >= 0.3 is 0 Å². The highest BCUT2D eigenvalue weighted by Crippen LogP contribution is 2.27. The summed E-state index contributed by atoms with van der Waals surface area (Å²) in [5, 5.41) is 3.19. The Morgan fingerprint density at radius 1 is 1.25 bits per heavy atom. The average Bonchev–Trinajstić information content (AvgIpc) is 2.69. The zero-order valence-corrected chi connectivity index (χ0v) is 17.2. The normalized spacial score (nSPS) is 14.1. The number of aryl methyl sites for hydroxylation is 1. The maximum atomic E-state index is 12.9. The first-order chi connectivity index (χ1) is 13.4. The quantitative estimate of drug-likeness (QED) is 0.828. The van der Waals surface area contributed by atoms with E-state index in [1.54, 1.807) is 25.1 Å². The van der Waals surface area contributed by atoms with Gasteiger partial charge in [0.2, 0.25) is 11.9 Å². The lowest BCUT2D eigenvalue weighted by Gasteiger charge is -2.30. The molecule has 1 aromatic carbocycles. The van der Waals surface area contributed by atoms with E-state index in [1.807, 2.05) is 6.92 Å². The van der Waals surface area contributed by atoms with Crippen LogP contribution in [0.4, 0.5) is 11.6 Å². The molecule has 1 aromatic heterocycles. The molecular weight excluding hydrogens is 380 g/mol. The van der Waals surface area contributed by atoms with Gasteiger partial charge in [0.25, 0.3) is 5.56 Å². The number of carbonyl (C=O) groups excluding carboxylic acids is 1. The van der Waals surface area contributed by atoms with Crippen LogP contribution in [-0.2, 0) is 11.3 Å². The summed E-state index contributed by atoms with van der Waals surface area (Å²) in [6.45, 7) is 5.13. The number of carbonyl (C=O) groups is 1. The highest BCUT2D eigenvalue weighted by Gasteiger charge is 2.21. The lowest BCUT2D eigenvalue weighted by atomic mass is 10.1. The van der Waals surface area contributed by atoms with E-state index in [1.165, 1.54) is 18.1 Å². The van der Waals surface area contributed by atoms with Crippen LogP contribution in [0.3, 0.4) is 0 Å². The number of hydrogen-bond acceptors (Lipinski definition) is 5. The maximum Gasteiger partial charge on any atom is 0.258 e. The Balaban J connectivity index is 1.86. The molecule has 8 heteroatoms. The van der Waals surface area contributed by atoms with Crippen molar-refractivity contribution in [3.05, 3.63) is 44.8 Å². The van der Waals surface area contributed by atoms with Crippen molar-refractivity contribution in [3.63, 3.8) is 0 Å². The number of piperidine rings is 1. The lowest BCUT2D eigenvalue weighted by molar-refractivity contribution is -0.116. The Kier molecular flexibility index (Phi) is 6.24. The second-order valence-electron chi connectivity index (χ2n) is 6.96. The molecule has 2 heterocycles. The molecule has 1 aliphatic heterocycles. The van der Waals surface area contributed by atoms with Crippen molar-refractivity contribution in [2.24, 2.45) is 0 Å². The maximum absolute atomic E-state index is 12.9. The second-order valence-corrected chi connectivity index (χ2v) is 7.37. The first-order valence-electron chi connectivity index (χ1n) is 9.37. The van der Waals surface area contributed by atoms with Crippen LogP contribution < -0.4 is 20.5 Å². The smallest absolute Gasteiger partial charge is 0.258 e. The van der Waals surface area contributed by atoms with Crippen LogP contribution in [0.15, 0.2) is 23.0 Å². The van der Waals surface area contributed by atoms with Crippen LogP contribution in [0, 0.1) is 13.8 Å². The van der Waals surface area contributed by atoms with Gasteiger partial charge in [-0.1, -0.05) is 11.6 Å². The Labute approximate surface area is 169 Å². The van der Waals surface area contributed by atoms with E-state index in [0.717, 1.165) is 25.9 Å². The van der Waals surface area contributed by atoms with Crippen molar-refractivity contribution < 1.29 is 9.53 Å². The van der Waals surface area contributed by atoms with Gasteiger partial charge in [-0.15, -0.1) is 0 Å². The van der Waals surface area contributed by atoms with E-state index in [0.29, 0.717) is 33.7 Å². The summed E-state index contributed by atoms with van der Waals surface area (Å²) in [6, 6.07) is 5.00. The molecule has 1 N–H and O–H groups in total. The number of benzene rings is 1. The predicted octanol–water partition coefficient (Wildman–Crippen LogP) is 3.15. The molecule has 1 amide bonds. The number of ether oxygens (including phenoxy) is 1. The van der Waals surface area contributed by atoms with Crippen LogP contribution in [0.5, 0.6) is 5.75 Å². The first-order valence-corrected chi connectivity index (χ1v) is 9.75. The molecule has 0 bridgehead atoms. The minimum atomic E-state index is -0.313. The zero-order valence-electron chi connectivity index (χ0n) is 16.4. The van der Waals surface area contributed by atoms with Crippen molar-refractivity contribution in [3.8, 4) is 5.75 Å². The number of hydrogen-bond donors (Lipinski definition) is 1. The van der Waals surface area contributed by atoms with Gasteiger partial charge in [0.1, 0.15) is 12.3 Å². The Morgan fingerprint density at radius 3 is 2.61 bits per heavy atom. The van der Waals surface area contributed by atoms with Crippen LogP contribution in [0.25, 0.3) is 0 Å². The largest absolute Gasteiger partial charge is 0.495 e. The van der Waals surface area contributed by atoms with Crippen molar-refractivity contribution in [1.82, 2.24) is 9.55 Å². The fraction of sp³-hybridized carbons (Fsp3) is 0.450. The van der Waals surface area contributed by atoms with Gasteiger partial charge < -0.3 is 15.0 Å². The number of methoxy groups -OCH3 is 1. The summed E-state index contributed by atoms with van der Waals surface area (Å²) in [5.41, 5.74) is 1.61. The number of amides is 1. The monoisotopic (exact) mass is 404 g/mol. The summed E-state index contributed by atoms with van der Waals surface area (Å²) in [6.07, 6.45) is 3.28. The highest BCUT2D eigenvalue weighted by molar-refractivity contribution is 6.32. The standard InChI is InChI=1S/C20H25ClN4O3/c1-13-14(2)22-20(24-9-5-4-6-10-24)25(19(13)27)12-18(26)23-15-7-8-17(28-3)16(21)11-15/h7-8,11H,4-6,9-10,12H2,1-3H3,(H,23,26). The van der Waals surface area contributed by atoms with Crippen LogP contribution in [-0.4, -0.2) is 35.7 Å². The molecule has 2 aromatic rings. The average molecular weight is 405 g/mol. The number of anilines is 2. The Hall–Kier alpha value is -2.54. The topological polar surface area (TPSA) is 76.5 Å². The minimum Gasteiger partial charge on any atom is -0.495 e. The minimum absolute atomic E-state index is 0.109. The molecule has 3 rings (SSSR count). The van der Waals surface area contributed by atoms with E-state index >= 15 is 0 Å². The highest BCUT2D eigenvalue weighted by atomic mass is 35.5. The number of rotatable bonds is 5. The number of nitrogens with zero attached hydrogens (tertiary/aromatic N) is 3. The van der Waals surface area contributed by atoms with E-state index in [2.05, 4.69) is 15.2 Å². The summed E-state index contributed by atoms with van der Waals surface area (Å²) < 4.78 is 6.59. The molecule has 0 unspecified atom stereocenters. The van der Waals surface area contributed by atoms with Crippen LogP contribution in [0.2, 0.25) is 5.02 Å². The molecular formula is C20H25ClN4O3. The fourth-order valence-corrected chi connectivity index (χ4v) is 3.57. The van der Waals surface area contributed by atoms with E-state index < -0.39 is 0 Å². The fourth-order valence-electron chi connectivity index (χ4n) is 3.31. The predicted molar refractivity (Wildman–Crippen MR) is 111 cm³/mol. The SMILES string of the molecule is COc1ccc(NC(=O)Cn2c(N3CCCCC3)nc(C)c(C)c2=O)cc1Cl. The molecule has 1 fully saturated rings. The molecule has 28 heavy (non-hydrogen) atoms. The summed E-state index contributed by atoms with van der Waals surface area (Å²) in [5.74, 6) is 0.781. The molecule has 1 saturated heterocycles. The van der Waals surface area contributed by atoms with E-state index in [-0.39, 0.29) is 18.0 Å². The van der Waals surface area contributed by atoms with Crippen molar-refractivity contribution in [2.75, 3.05) is 30.4 Å². The molecule has 0 atom stereocenters. The van der Waals surface area contributed by atoms with Crippen molar-refractivity contribution in [1.29, 1.82) is 0 Å². The number of aromatic nitrogens is 2. The molecule has 150 valence electrons. The van der Waals surface area contributed by atoms with Gasteiger partial charge in [0.05, 0.1) is 12.1 Å². The Morgan fingerprint density at radius 2 is 1.96 bits per heavy atom. The van der Waals surface area contributed by atoms with Gasteiger partial charge in [0, 0.05) is 30.0 Å². The molecule has 0 saturated carbocycles. The third-order valence-electron chi connectivity index (χ3n) is 4.99. The molecule has 7 nitrogen and oxygen atoms in total. The van der Waals surface area contributed by atoms with E-state index in [9.17, 15) is 9.59 Å². The van der Waals surface area contributed by atoms with Crippen molar-refractivity contribution >= 4 is 29.1 Å². The van der Waals surface area contributed by atoms with Gasteiger partial charge in [-0.05, 0) is 51.3 Å². The third-order valence-corrected chi connectivity index (χ3v) is 5.29. The summed E-state index contributed by atoms with van der Waals surface area (Å²) in [4.78, 5) is 32.2. The Bertz CT molecular complexity index is 936. The summed E-state index contributed by atoms with van der Waals surface area (Å²) in [7, 11) is 1.53. The second kappa shape index (κ2) is 8.65. The molecule has 0 aliphatic carbocycles. The first kappa shape index (κ1) is 20.2. The van der Waals surface area contributed by atoms with Gasteiger partial charge in [-0.2, -0.15) is 0 Å². The third kappa shape index (κ3) is 4.30. The van der Waals surface area contributed by atoms with Gasteiger partial charge in [-0.25, -0.2) is 4.98 Å². The van der Waals surface area contributed by atoms with Crippen LogP contribution in [0.1, 0.15) is 30.5 Å². The van der Waals surface area contributed by atoms with Crippen molar-refractivity contribution in [2.45, 2.75) is 39.7 Å². The lowest BCUT2D eigenvalue weighted by Crippen LogP contribution is -2.39. The van der Waals surface area contributed by atoms with Gasteiger partial charge in [0.15, 0.2) is 0 Å². The molecule has 1 aliphatic rings. The molecule has 0 spiro atoms. The number of nitrogens with one attached hydrogen (secondary N) is 1. The van der Waals surface area contributed by atoms with E-state index in [4.69, 9.17) is 16.3 Å².